The number of benzene rings is 2. The lowest BCUT2D eigenvalue weighted by molar-refractivity contribution is 0.0298. The van der Waals surface area contributed by atoms with Gasteiger partial charge in [0.15, 0.2) is 0 Å². The summed E-state index contributed by atoms with van der Waals surface area (Å²) in [6, 6.07) is 18.5. The van der Waals surface area contributed by atoms with Crippen LogP contribution >= 0.6 is 0 Å². The molecular formula is C25H28N6O. The first-order valence-corrected chi connectivity index (χ1v) is 11.5. The van der Waals surface area contributed by atoms with Crippen LogP contribution in [-0.4, -0.2) is 54.2 Å². The number of rotatable bonds is 5. The number of aliphatic hydroxyl groups is 1. The number of H-pyrrole nitrogens is 1. The molecule has 4 atom stereocenters. The highest BCUT2D eigenvalue weighted by molar-refractivity contribution is 5.74. The molecule has 1 aliphatic heterocycles. The highest BCUT2D eigenvalue weighted by atomic mass is 16.3. The summed E-state index contributed by atoms with van der Waals surface area (Å²) in [5, 5.41) is 19.7. The second-order valence-corrected chi connectivity index (χ2v) is 9.37. The minimum Gasteiger partial charge on any atom is -0.391 e. The van der Waals surface area contributed by atoms with Gasteiger partial charge in [0.25, 0.3) is 0 Å². The van der Waals surface area contributed by atoms with Crippen LogP contribution in [0.25, 0.3) is 11.0 Å². The number of para-hydroxylation sites is 2. The minimum absolute atomic E-state index is 0.000533. The van der Waals surface area contributed by atoms with Gasteiger partial charge in [-0.25, -0.2) is 9.67 Å². The number of aromatic nitrogens is 5. The van der Waals surface area contributed by atoms with Crippen LogP contribution in [0.1, 0.15) is 36.0 Å². The van der Waals surface area contributed by atoms with E-state index < -0.39 is 0 Å². The van der Waals surface area contributed by atoms with Crippen molar-refractivity contribution in [3.63, 3.8) is 0 Å². The van der Waals surface area contributed by atoms with Crippen LogP contribution in [0, 0.1) is 11.8 Å². The Morgan fingerprint density at radius 3 is 2.59 bits per heavy atom. The SMILES string of the molecule is O[C@@H]1C[C@H]2CN(Cc3nc4ccccc4[nH]3)C[C@H]2C[C@H]1n1cc(Cc2ccccc2)nn1. The maximum absolute atomic E-state index is 10.9. The number of aromatic amines is 1. The largest absolute Gasteiger partial charge is 0.391 e. The first-order chi connectivity index (χ1) is 15.7. The van der Waals surface area contributed by atoms with Gasteiger partial charge in [-0.2, -0.15) is 0 Å². The summed E-state index contributed by atoms with van der Waals surface area (Å²) in [5.74, 6) is 2.11. The van der Waals surface area contributed by atoms with Crippen molar-refractivity contribution < 1.29 is 5.11 Å². The molecule has 6 rings (SSSR count). The Kier molecular flexibility index (Phi) is 5.00. The first kappa shape index (κ1) is 19.6. The van der Waals surface area contributed by atoms with Crippen LogP contribution in [0.4, 0.5) is 0 Å². The highest BCUT2D eigenvalue weighted by Gasteiger charge is 2.42. The third-order valence-corrected chi connectivity index (χ3v) is 7.12. The fraction of sp³-hybridized carbons (Fsp3) is 0.400. The summed E-state index contributed by atoms with van der Waals surface area (Å²) in [7, 11) is 0. The maximum Gasteiger partial charge on any atom is 0.121 e. The molecular weight excluding hydrogens is 400 g/mol. The van der Waals surface area contributed by atoms with E-state index in [2.05, 4.69) is 38.4 Å². The second kappa shape index (κ2) is 8.15. The van der Waals surface area contributed by atoms with Crippen molar-refractivity contribution >= 4 is 11.0 Å². The van der Waals surface area contributed by atoms with Gasteiger partial charge in [-0.1, -0.05) is 47.7 Å². The lowest BCUT2D eigenvalue weighted by Gasteiger charge is -2.35. The van der Waals surface area contributed by atoms with E-state index in [1.807, 2.05) is 47.3 Å². The van der Waals surface area contributed by atoms with Gasteiger partial charge in [0.05, 0.1) is 35.4 Å². The van der Waals surface area contributed by atoms with Crippen molar-refractivity contribution in [1.29, 1.82) is 0 Å². The molecule has 1 aliphatic carbocycles. The van der Waals surface area contributed by atoms with Crippen molar-refractivity contribution in [3.05, 3.63) is 77.9 Å². The van der Waals surface area contributed by atoms with E-state index in [9.17, 15) is 5.11 Å². The highest BCUT2D eigenvalue weighted by Crippen LogP contribution is 2.41. The van der Waals surface area contributed by atoms with E-state index in [1.54, 1.807) is 0 Å². The molecule has 1 saturated heterocycles. The summed E-state index contributed by atoms with van der Waals surface area (Å²) >= 11 is 0. The summed E-state index contributed by atoms with van der Waals surface area (Å²) in [5.41, 5.74) is 4.28. The number of hydrogen-bond donors (Lipinski definition) is 2. The maximum atomic E-state index is 10.9. The number of nitrogens with one attached hydrogen (secondary N) is 1. The number of aliphatic hydroxyl groups excluding tert-OH is 1. The minimum atomic E-state index is -0.381. The predicted molar refractivity (Wildman–Crippen MR) is 122 cm³/mol. The van der Waals surface area contributed by atoms with Gasteiger partial charge in [0.1, 0.15) is 5.82 Å². The second-order valence-electron chi connectivity index (χ2n) is 9.37. The Hall–Kier alpha value is -3.03. The van der Waals surface area contributed by atoms with Crippen LogP contribution in [-0.2, 0) is 13.0 Å². The van der Waals surface area contributed by atoms with Crippen molar-refractivity contribution in [1.82, 2.24) is 29.9 Å². The number of fused-ring (bicyclic) bond motifs is 2. The van der Waals surface area contributed by atoms with Gasteiger partial charge < -0.3 is 10.1 Å². The van der Waals surface area contributed by atoms with Crippen molar-refractivity contribution in [3.8, 4) is 0 Å². The first-order valence-electron chi connectivity index (χ1n) is 11.5. The molecule has 3 heterocycles. The van der Waals surface area contributed by atoms with Gasteiger partial charge in [-0.3, -0.25) is 4.90 Å². The lowest BCUT2D eigenvalue weighted by atomic mass is 9.77. The van der Waals surface area contributed by atoms with Crippen LogP contribution < -0.4 is 0 Å². The zero-order valence-electron chi connectivity index (χ0n) is 18.0. The summed E-state index contributed by atoms with van der Waals surface area (Å²) in [4.78, 5) is 10.7. The van der Waals surface area contributed by atoms with E-state index in [-0.39, 0.29) is 12.1 Å². The predicted octanol–water partition coefficient (Wildman–Crippen LogP) is 3.19. The number of nitrogens with zero attached hydrogens (tertiary/aromatic N) is 5. The molecule has 7 nitrogen and oxygen atoms in total. The smallest absolute Gasteiger partial charge is 0.121 e. The molecule has 164 valence electrons. The Balaban J connectivity index is 1.12. The molecule has 1 saturated carbocycles. The van der Waals surface area contributed by atoms with E-state index in [1.165, 1.54) is 5.56 Å². The monoisotopic (exact) mass is 428 g/mol. The molecule has 2 N–H and O–H groups in total. The molecule has 4 aromatic rings. The Bertz CT molecular complexity index is 1170. The van der Waals surface area contributed by atoms with Gasteiger partial charge in [0.2, 0.25) is 0 Å². The van der Waals surface area contributed by atoms with Crippen LogP contribution in [0.15, 0.2) is 60.8 Å². The quantitative estimate of drug-likeness (QED) is 0.510. The molecule has 2 aromatic carbocycles. The van der Waals surface area contributed by atoms with Crippen LogP contribution in [0.3, 0.4) is 0 Å². The molecule has 0 spiro atoms. The zero-order chi connectivity index (χ0) is 21.5. The standard InChI is InChI=1S/C25H28N6O/c32-24-12-19-14-30(16-25-26-21-8-4-5-9-22(21)27-25)13-18(19)11-23(24)31-15-20(28-29-31)10-17-6-2-1-3-7-17/h1-9,15,18-19,23-24,32H,10-14,16H2,(H,26,27)/t18-,19+,23-,24-/m1/s1. The van der Waals surface area contributed by atoms with Gasteiger partial charge in [-0.15, -0.1) is 5.10 Å². The number of hydrogen-bond acceptors (Lipinski definition) is 5. The van der Waals surface area contributed by atoms with E-state index in [4.69, 9.17) is 4.98 Å². The van der Waals surface area contributed by atoms with Crippen molar-refractivity contribution in [2.75, 3.05) is 13.1 Å². The molecule has 2 aromatic heterocycles. The summed E-state index contributed by atoms with van der Waals surface area (Å²) in [6.07, 6.45) is 4.16. The van der Waals surface area contributed by atoms with E-state index >= 15 is 0 Å². The number of imidazole rings is 1. The van der Waals surface area contributed by atoms with Crippen LogP contribution in [0.5, 0.6) is 0 Å². The molecule has 0 amide bonds. The average molecular weight is 429 g/mol. The molecule has 7 heteroatoms. The van der Waals surface area contributed by atoms with Crippen molar-refractivity contribution in [2.24, 2.45) is 11.8 Å². The normalized spacial score (nSPS) is 25.9. The molecule has 2 aliphatic rings. The van der Waals surface area contributed by atoms with Crippen LogP contribution in [0.2, 0.25) is 0 Å². The zero-order valence-corrected chi connectivity index (χ0v) is 18.0. The third-order valence-electron chi connectivity index (χ3n) is 7.12. The molecule has 0 bridgehead atoms. The molecule has 0 unspecified atom stereocenters. The fourth-order valence-electron chi connectivity index (χ4n) is 5.57. The number of likely N-dealkylation sites (tertiary alicyclic amines) is 1. The Labute approximate surface area is 187 Å². The van der Waals surface area contributed by atoms with Gasteiger partial charge >= 0.3 is 0 Å². The summed E-state index contributed by atoms with van der Waals surface area (Å²) < 4.78 is 1.90. The van der Waals surface area contributed by atoms with Gasteiger partial charge in [0, 0.05) is 25.7 Å². The Morgan fingerprint density at radius 2 is 1.75 bits per heavy atom. The summed E-state index contributed by atoms with van der Waals surface area (Å²) in [6.45, 7) is 2.88. The van der Waals surface area contributed by atoms with E-state index in [0.29, 0.717) is 11.8 Å². The molecule has 2 fully saturated rings. The Morgan fingerprint density at radius 1 is 0.969 bits per heavy atom. The molecule has 0 radical (unpaired) electrons. The topological polar surface area (TPSA) is 82.9 Å². The fourth-order valence-corrected chi connectivity index (χ4v) is 5.57. The third kappa shape index (κ3) is 3.82. The van der Waals surface area contributed by atoms with Gasteiger partial charge in [-0.05, 0) is 42.4 Å². The van der Waals surface area contributed by atoms with E-state index in [0.717, 1.165) is 61.4 Å². The average Bonchev–Trinajstić information content (AvgIpc) is 3.51. The lowest BCUT2D eigenvalue weighted by Crippen LogP contribution is -2.36. The molecule has 32 heavy (non-hydrogen) atoms. The van der Waals surface area contributed by atoms with Crippen molar-refractivity contribution in [2.45, 2.75) is 38.0 Å².